The van der Waals surface area contributed by atoms with Crippen LogP contribution in [0.2, 0.25) is 10.0 Å². The van der Waals surface area contributed by atoms with Crippen molar-refractivity contribution < 1.29 is 22.0 Å². The zero-order chi connectivity index (χ0) is 19.3. The molecule has 0 unspecified atom stereocenters. The van der Waals surface area contributed by atoms with Gasteiger partial charge in [0.2, 0.25) is 0 Å². The van der Waals surface area contributed by atoms with E-state index >= 15 is 0 Å². The summed E-state index contributed by atoms with van der Waals surface area (Å²) in [5, 5.41) is 2.89. The van der Waals surface area contributed by atoms with Gasteiger partial charge in [0.25, 0.3) is 6.43 Å². The van der Waals surface area contributed by atoms with E-state index in [0.717, 1.165) is 25.7 Å². The average molecular weight is 435 g/mol. The van der Waals surface area contributed by atoms with E-state index in [2.05, 4.69) is 10.3 Å². The molecule has 0 aliphatic heterocycles. The van der Waals surface area contributed by atoms with Crippen molar-refractivity contribution >= 4 is 46.5 Å². The van der Waals surface area contributed by atoms with Crippen LogP contribution in [-0.2, 0) is 0 Å². The normalized spacial score (nSPS) is 16.5. The highest BCUT2D eigenvalue weighted by Crippen LogP contribution is 2.39. The van der Waals surface area contributed by atoms with Crippen LogP contribution < -0.4 is 5.32 Å². The lowest BCUT2D eigenvalue weighted by molar-refractivity contribution is -0.105. The zero-order valence-corrected chi connectivity index (χ0v) is 15.9. The second-order valence-corrected chi connectivity index (χ2v) is 7.72. The first-order valence-corrected chi connectivity index (χ1v) is 9.69. The molecule has 1 aliphatic rings. The van der Waals surface area contributed by atoms with Gasteiger partial charge in [-0.1, -0.05) is 36.0 Å². The third-order valence-electron chi connectivity index (χ3n) is 3.81. The summed E-state index contributed by atoms with van der Waals surface area (Å²) in [5.74, 6) is -0.707. The van der Waals surface area contributed by atoms with Crippen molar-refractivity contribution in [2.24, 2.45) is 10.9 Å². The molecule has 0 heterocycles. The van der Waals surface area contributed by atoms with Crippen molar-refractivity contribution in [1.29, 1.82) is 0 Å². The van der Waals surface area contributed by atoms with E-state index in [9.17, 15) is 22.0 Å². The first-order valence-electron chi connectivity index (χ1n) is 7.95. The Hall–Kier alpha value is -0.730. The summed E-state index contributed by atoms with van der Waals surface area (Å²) in [5.41, 5.74) is 0.212. The molecule has 10 heteroatoms. The number of aliphatic imine (C=N–C) groups is 1. The van der Waals surface area contributed by atoms with Crippen LogP contribution in [0, 0.1) is 5.92 Å². The number of rotatable bonds is 6. The van der Waals surface area contributed by atoms with Crippen LogP contribution >= 0.6 is 35.0 Å². The molecule has 0 saturated heterocycles. The highest BCUT2D eigenvalue weighted by molar-refractivity contribution is 7.99. The molecule has 146 valence electrons. The number of nitrogens with one attached hydrogen (secondary N) is 1. The van der Waals surface area contributed by atoms with Crippen LogP contribution in [0.15, 0.2) is 22.0 Å². The number of hydrogen-bond donors (Lipinski definition) is 1. The average Bonchev–Trinajstić information content (AvgIpc) is 3.05. The van der Waals surface area contributed by atoms with Crippen molar-refractivity contribution in [3.05, 3.63) is 22.2 Å². The van der Waals surface area contributed by atoms with Crippen LogP contribution in [0.5, 0.6) is 0 Å². The monoisotopic (exact) mass is 434 g/mol. The van der Waals surface area contributed by atoms with Crippen LogP contribution in [0.25, 0.3) is 0 Å². The quantitative estimate of drug-likeness (QED) is 0.232. The lowest BCUT2D eigenvalue weighted by atomic mass is 10.1. The smallest absolute Gasteiger partial charge is 0.368 e. The number of amidine groups is 1. The minimum Gasteiger partial charge on any atom is -0.368 e. The van der Waals surface area contributed by atoms with Gasteiger partial charge >= 0.3 is 6.18 Å². The van der Waals surface area contributed by atoms with Crippen LogP contribution in [0.1, 0.15) is 25.7 Å². The zero-order valence-electron chi connectivity index (χ0n) is 13.6. The molecule has 1 aromatic rings. The Labute approximate surface area is 162 Å². The molecule has 2 rings (SSSR count). The SMILES string of the molecule is FC(F)CN/C(=N\c1cc(SCC(F)(F)F)c(Cl)cc1Cl)C1CCCC1. The maximum atomic E-state index is 12.6. The first kappa shape index (κ1) is 21.6. The Balaban J connectivity index is 2.28. The van der Waals surface area contributed by atoms with Gasteiger partial charge in [-0.25, -0.2) is 13.8 Å². The summed E-state index contributed by atoms with van der Waals surface area (Å²) < 4.78 is 62.5. The summed E-state index contributed by atoms with van der Waals surface area (Å²) in [6, 6.07) is 2.68. The molecule has 0 radical (unpaired) electrons. The molecule has 0 aromatic heterocycles. The molecule has 0 bridgehead atoms. The molecule has 0 atom stereocenters. The number of halogens is 7. The molecule has 2 nitrogen and oxygen atoms in total. The highest BCUT2D eigenvalue weighted by atomic mass is 35.5. The Kier molecular flexibility index (Phi) is 7.85. The van der Waals surface area contributed by atoms with Crippen LogP contribution in [-0.4, -0.2) is 30.7 Å². The molecule has 1 aliphatic carbocycles. The van der Waals surface area contributed by atoms with Gasteiger partial charge in [0.1, 0.15) is 5.84 Å². The number of hydrogen-bond acceptors (Lipinski definition) is 2. The predicted octanol–water partition coefficient (Wildman–Crippen LogP) is 6.72. The van der Waals surface area contributed by atoms with Gasteiger partial charge in [-0.05, 0) is 25.0 Å². The van der Waals surface area contributed by atoms with Crippen molar-refractivity contribution in [3.63, 3.8) is 0 Å². The van der Waals surface area contributed by atoms with E-state index in [4.69, 9.17) is 23.2 Å². The van der Waals surface area contributed by atoms with E-state index in [0.29, 0.717) is 17.6 Å². The van der Waals surface area contributed by atoms with Crippen molar-refractivity contribution in [2.45, 2.75) is 43.2 Å². The molecule has 1 N–H and O–H groups in total. The van der Waals surface area contributed by atoms with Gasteiger partial charge in [-0.3, -0.25) is 0 Å². The topological polar surface area (TPSA) is 24.4 Å². The summed E-state index contributed by atoms with van der Waals surface area (Å²) in [7, 11) is 0. The maximum Gasteiger partial charge on any atom is 0.398 e. The third kappa shape index (κ3) is 6.78. The standard InChI is InChI=1S/C16H17Cl2F5N2S/c17-10-5-11(18)13(26-8-16(21,22)23)6-12(10)25-15(24-7-14(19)20)9-3-1-2-4-9/h5-6,9,14H,1-4,7-8H2,(H,24,25). The number of nitrogens with zero attached hydrogens (tertiary/aromatic N) is 1. The molecule has 1 fully saturated rings. The second-order valence-electron chi connectivity index (χ2n) is 5.89. The molecule has 0 spiro atoms. The fourth-order valence-corrected chi connectivity index (χ4v) is 3.96. The number of alkyl halides is 5. The van der Waals surface area contributed by atoms with E-state index < -0.39 is 24.9 Å². The second kappa shape index (κ2) is 9.46. The Morgan fingerprint density at radius 1 is 1.19 bits per heavy atom. The molecule has 1 aromatic carbocycles. The summed E-state index contributed by atoms with van der Waals surface area (Å²) in [6.07, 6.45) is -3.31. The number of thioether (sulfide) groups is 1. The van der Waals surface area contributed by atoms with Crippen molar-refractivity contribution in [1.82, 2.24) is 5.32 Å². The Bertz CT molecular complexity index is 646. The van der Waals surface area contributed by atoms with Crippen molar-refractivity contribution in [3.8, 4) is 0 Å². The van der Waals surface area contributed by atoms with Gasteiger partial charge in [0, 0.05) is 10.8 Å². The molecule has 1 saturated carbocycles. The van der Waals surface area contributed by atoms with Gasteiger partial charge < -0.3 is 5.32 Å². The molecule has 26 heavy (non-hydrogen) atoms. The molecular weight excluding hydrogens is 418 g/mol. The van der Waals surface area contributed by atoms with Crippen molar-refractivity contribution in [2.75, 3.05) is 12.3 Å². The maximum absolute atomic E-state index is 12.6. The van der Waals surface area contributed by atoms with Gasteiger partial charge in [0.05, 0.1) is 28.0 Å². The van der Waals surface area contributed by atoms with E-state index in [1.54, 1.807) is 0 Å². The van der Waals surface area contributed by atoms with Gasteiger partial charge in [-0.2, -0.15) is 13.2 Å². The minimum atomic E-state index is -4.34. The minimum absolute atomic E-state index is 0.00627. The lowest BCUT2D eigenvalue weighted by Crippen LogP contribution is -2.33. The predicted molar refractivity (Wildman–Crippen MR) is 96.3 cm³/mol. The molecular formula is C16H17Cl2F5N2S. The van der Waals surface area contributed by atoms with E-state index in [1.807, 2.05) is 0 Å². The van der Waals surface area contributed by atoms with E-state index in [-0.39, 0.29) is 26.5 Å². The fourth-order valence-electron chi connectivity index (χ4n) is 2.66. The third-order valence-corrected chi connectivity index (χ3v) is 5.66. The highest BCUT2D eigenvalue weighted by Gasteiger charge is 2.28. The Morgan fingerprint density at radius 3 is 2.42 bits per heavy atom. The Morgan fingerprint density at radius 2 is 1.85 bits per heavy atom. The fraction of sp³-hybridized carbons (Fsp3) is 0.562. The van der Waals surface area contributed by atoms with Gasteiger partial charge in [0.15, 0.2) is 0 Å². The van der Waals surface area contributed by atoms with Crippen LogP contribution in [0.4, 0.5) is 27.6 Å². The summed E-state index contributed by atoms with van der Waals surface area (Å²) in [4.78, 5) is 4.53. The lowest BCUT2D eigenvalue weighted by Gasteiger charge is -2.16. The molecule has 0 amide bonds. The summed E-state index contributed by atoms with van der Waals surface area (Å²) >= 11 is 12.6. The summed E-state index contributed by atoms with van der Waals surface area (Å²) in [6.45, 7) is -0.545. The van der Waals surface area contributed by atoms with Gasteiger partial charge in [-0.15, -0.1) is 11.8 Å². The largest absolute Gasteiger partial charge is 0.398 e. The van der Waals surface area contributed by atoms with Crippen LogP contribution in [0.3, 0.4) is 0 Å². The first-order chi connectivity index (χ1) is 12.2. The number of benzene rings is 1. The van der Waals surface area contributed by atoms with E-state index in [1.165, 1.54) is 12.1 Å².